The zero-order valence-electron chi connectivity index (χ0n) is 12.8. The van der Waals surface area contributed by atoms with E-state index in [4.69, 9.17) is 5.11 Å². The molecule has 5 nitrogen and oxygen atoms in total. The molecule has 118 valence electrons. The Labute approximate surface area is 129 Å². The Morgan fingerprint density at radius 1 is 1.43 bits per heavy atom. The van der Waals surface area contributed by atoms with Crippen molar-refractivity contribution < 1.29 is 14.7 Å². The number of rotatable bonds is 8. The molecule has 0 bridgehead atoms. The SMILES string of the molecule is CC(=O)NC(CC(=O)NCC(C)(C)CCO)c1cccs1. The van der Waals surface area contributed by atoms with Crippen LogP contribution in [0.15, 0.2) is 17.5 Å². The molecule has 0 saturated carbocycles. The minimum absolute atomic E-state index is 0.104. The number of carbonyl (C=O) groups is 2. The number of nitrogens with one attached hydrogen (secondary N) is 2. The van der Waals surface area contributed by atoms with Crippen LogP contribution < -0.4 is 10.6 Å². The summed E-state index contributed by atoms with van der Waals surface area (Å²) in [6, 6.07) is 3.52. The number of carbonyl (C=O) groups excluding carboxylic acids is 2. The van der Waals surface area contributed by atoms with Gasteiger partial charge in [0.05, 0.1) is 12.5 Å². The fourth-order valence-corrected chi connectivity index (χ4v) is 2.72. The standard InChI is InChI=1S/C15H24N2O3S/c1-11(19)17-12(13-5-4-8-21-13)9-14(20)16-10-15(2,3)6-7-18/h4-5,8,12,18H,6-7,9-10H2,1-3H3,(H,16,20)(H,17,19). The maximum absolute atomic E-state index is 12.1. The van der Waals surface area contributed by atoms with Gasteiger partial charge in [0, 0.05) is 25.0 Å². The molecule has 3 N–H and O–H groups in total. The van der Waals surface area contributed by atoms with Crippen LogP contribution in [0.5, 0.6) is 0 Å². The summed E-state index contributed by atoms with van der Waals surface area (Å²) >= 11 is 1.52. The Kier molecular flexibility index (Phi) is 6.84. The largest absolute Gasteiger partial charge is 0.396 e. The Balaban J connectivity index is 2.55. The van der Waals surface area contributed by atoms with E-state index in [9.17, 15) is 9.59 Å². The van der Waals surface area contributed by atoms with Gasteiger partial charge in [-0.25, -0.2) is 0 Å². The van der Waals surface area contributed by atoms with Gasteiger partial charge in [-0.15, -0.1) is 11.3 Å². The average molecular weight is 312 g/mol. The summed E-state index contributed by atoms with van der Waals surface area (Å²) in [4.78, 5) is 24.3. The van der Waals surface area contributed by atoms with Crippen molar-refractivity contribution in [1.29, 1.82) is 0 Å². The maximum atomic E-state index is 12.1. The topological polar surface area (TPSA) is 78.4 Å². The molecule has 0 aliphatic rings. The highest BCUT2D eigenvalue weighted by atomic mass is 32.1. The van der Waals surface area contributed by atoms with Gasteiger partial charge < -0.3 is 15.7 Å². The second-order valence-electron chi connectivity index (χ2n) is 5.89. The van der Waals surface area contributed by atoms with Crippen LogP contribution in [0.2, 0.25) is 0 Å². The summed E-state index contributed by atoms with van der Waals surface area (Å²) in [5.74, 6) is -0.255. The van der Waals surface area contributed by atoms with Gasteiger partial charge in [-0.05, 0) is 23.3 Å². The summed E-state index contributed by atoms with van der Waals surface area (Å²) in [5.41, 5.74) is -0.142. The van der Waals surface area contributed by atoms with Gasteiger partial charge in [0.2, 0.25) is 11.8 Å². The first kappa shape index (κ1) is 17.7. The highest BCUT2D eigenvalue weighted by Gasteiger charge is 2.21. The molecule has 0 radical (unpaired) electrons. The van der Waals surface area contributed by atoms with Crippen molar-refractivity contribution in [2.24, 2.45) is 5.41 Å². The molecule has 0 aliphatic carbocycles. The third-order valence-corrected chi connectivity index (χ3v) is 4.19. The van der Waals surface area contributed by atoms with Crippen LogP contribution in [0.4, 0.5) is 0 Å². The van der Waals surface area contributed by atoms with Crippen molar-refractivity contribution >= 4 is 23.2 Å². The summed E-state index contributed by atoms with van der Waals surface area (Å²) in [5, 5.41) is 16.6. The number of hydrogen-bond acceptors (Lipinski definition) is 4. The summed E-state index contributed by atoms with van der Waals surface area (Å²) in [6.45, 7) is 6.04. The number of thiophene rings is 1. The zero-order valence-corrected chi connectivity index (χ0v) is 13.6. The second-order valence-corrected chi connectivity index (χ2v) is 6.87. The molecular formula is C15H24N2O3S. The van der Waals surface area contributed by atoms with Gasteiger partial charge in [0.1, 0.15) is 0 Å². The number of hydrogen-bond donors (Lipinski definition) is 3. The minimum Gasteiger partial charge on any atom is -0.396 e. The van der Waals surface area contributed by atoms with Crippen molar-refractivity contribution in [3.63, 3.8) is 0 Å². The lowest BCUT2D eigenvalue weighted by molar-refractivity contribution is -0.123. The van der Waals surface area contributed by atoms with E-state index in [1.165, 1.54) is 18.3 Å². The highest BCUT2D eigenvalue weighted by molar-refractivity contribution is 7.10. The molecule has 1 rings (SSSR count). The van der Waals surface area contributed by atoms with Gasteiger partial charge in [-0.2, -0.15) is 0 Å². The number of aliphatic hydroxyl groups is 1. The van der Waals surface area contributed by atoms with Gasteiger partial charge >= 0.3 is 0 Å². The third kappa shape index (κ3) is 6.73. The molecule has 2 amide bonds. The van der Waals surface area contributed by atoms with Crippen LogP contribution in [0.3, 0.4) is 0 Å². The molecule has 0 aromatic carbocycles. The molecule has 0 saturated heterocycles. The third-order valence-electron chi connectivity index (χ3n) is 3.21. The predicted octanol–water partition coefficient (Wildman–Crippen LogP) is 1.84. The highest BCUT2D eigenvalue weighted by Crippen LogP contribution is 2.22. The van der Waals surface area contributed by atoms with Gasteiger partial charge in [0.25, 0.3) is 0 Å². The number of aliphatic hydroxyl groups excluding tert-OH is 1. The van der Waals surface area contributed by atoms with E-state index in [0.717, 1.165) is 4.88 Å². The van der Waals surface area contributed by atoms with E-state index in [-0.39, 0.29) is 36.3 Å². The van der Waals surface area contributed by atoms with Crippen LogP contribution >= 0.6 is 11.3 Å². The van der Waals surface area contributed by atoms with Crippen LogP contribution in [0.1, 0.15) is 44.5 Å². The van der Waals surface area contributed by atoms with E-state index in [1.807, 2.05) is 31.4 Å². The van der Waals surface area contributed by atoms with Crippen molar-refractivity contribution in [2.45, 2.75) is 39.7 Å². The van der Waals surface area contributed by atoms with E-state index in [2.05, 4.69) is 10.6 Å². The number of amides is 2. The van der Waals surface area contributed by atoms with Crippen LogP contribution in [-0.2, 0) is 9.59 Å². The first-order chi connectivity index (χ1) is 9.84. The van der Waals surface area contributed by atoms with Crippen LogP contribution in [0, 0.1) is 5.41 Å². The lowest BCUT2D eigenvalue weighted by Gasteiger charge is -2.24. The van der Waals surface area contributed by atoms with Crippen molar-refractivity contribution in [3.8, 4) is 0 Å². The molecule has 1 aromatic heterocycles. The molecular weight excluding hydrogens is 288 g/mol. The summed E-state index contributed by atoms with van der Waals surface area (Å²) < 4.78 is 0. The fraction of sp³-hybridized carbons (Fsp3) is 0.600. The van der Waals surface area contributed by atoms with E-state index >= 15 is 0 Å². The van der Waals surface area contributed by atoms with Gasteiger partial charge in [-0.1, -0.05) is 19.9 Å². The molecule has 1 aromatic rings. The molecule has 1 unspecified atom stereocenters. The quantitative estimate of drug-likeness (QED) is 0.685. The molecule has 0 aliphatic heterocycles. The monoisotopic (exact) mass is 312 g/mol. The minimum atomic E-state index is -0.288. The molecule has 0 spiro atoms. The predicted molar refractivity (Wildman–Crippen MR) is 84.0 cm³/mol. The van der Waals surface area contributed by atoms with Crippen molar-refractivity contribution in [2.75, 3.05) is 13.2 Å². The van der Waals surface area contributed by atoms with E-state index < -0.39 is 0 Å². The molecule has 1 atom stereocenters. The lowest BCUT2D eigenvalue weighted by atomic mass is 9.89. The van der Waals surface area contributed by atoms with E-state index in [0.29, 0.717) is 13.0 Å². The van der Waals surface area contributed by atoms with E-state index in [1.54, 1.807) is 0 Å². The Bertz CT molecular complexity index is 457. The second kappa shape index (κ2) is 8.14. The fourth-order valence-electron chi connectivity index (χ4n) is 1.94. The molecule has 21 heavy (non-hydrogen) atoms. The van der Waals surface area contributed by atoms with Gasteiger partial charge in [0.15, 0.2) is 0 Å². The molecule has 0 fully saturated rings. The smallest absolute Gasteiger partial charge is 0.222 e. The normalized spacial score (nSPS) is 12.8. The summed E-state index contributed by atoms with van der Waals surface area (Å²) in [6.07, 6.45) is 0.850. The lowest BCUT2D eigenvalue weighted by Crippen LogP contribution is -2.37. The van der Waals surface area contributed by atoms with Crippen LogP contribution in [-0.4, -0.2) is 30.1 Å². The Hall–Kier alpha value is -1.40. The molecule has 6 heteroatoms. The van der Waals surface area contributed by atoms with Crippen LogP contribution in [0.25, 0.3) is 0 Å². The Morgan fingerprint density at radius 2 is 2.14 bits per heavy atom. The van der Waals surface area contributed by atoms with Gasteiger partial charge in [-0.3, -0.25) is 9.59 Å². The average Bonchev–Trinajstić information content (AvgIpc) is 2.89. The Morgan fingerprint density at radius 3 is 2.67 bits per heavy atom. The first-order valence-corrected chi connectivity index (χ1v) is 7.90. The maximum Gasteiger partial charge on any atom is 0.222 e. The van der Waals surface area contributed by atoms with Crippen molar-refractivity contribution in [1.82, 2.24) is 10.6 Å². The first-order valence-electron chi connectivity index (χ1n) is 7.02. The van der Waals surface area contributed by atoms with Crippen molar-refractivity contribution in [3.05, 3.63) is 22.4 Å². The molecule has 1 heterocycles. The summed E-state index contributed by atoms with van der Waals surface area (Å²) in [7, 11) is 0. The zero-order chi connectivity index (χ0) is 15.9.